The Kier molecular flexibility index (Phi) is 4.30. The lowest BCUT2D eigenvalue weighted by Crippen LogP contribution is -2.09. The van der Waals surface area contributed by atoms with Crippen LogP contribution in [0, 0.1) is 0 Å². The van der Waals surface area contributed by atoms with Crippen molar-refractivity contribution in [2.24, 2.45) is 0 Å². The van der Waals surface area contributed by atoms with Gasteiger partial charge in [0.1, 0.15) is 5.56 Å². The molecule has 1 heterocycles. The quantitative estimate of drug-likeness (QED) is 0.874. The third kappa shape index (κ3) is 3.32. The molecule has 0 aliphatic carbocycles. The van der Waals surface area contributed by atoms with Crippen molar-refractivity contribution in [1.29, 1.82) is 0 Å². The van der Waals surface area contributed by atoms with Crippen LogP contribution in [0.4, 0.5) is 5.82 Å². The van der Waals surface area contributed by atoms with Crippen LogP contribution in [0.15, 0.2) is 36.5 Å². The molecule has 2 rings (SSSR count). The Bertz CT molecular complexity index is 594. The number of rotatable bonds is 5. The van der Waals surface area contributed by atoms with Gasteiger partial charge in [-0.3, -0.25) is 0 Å². The van der Waals surface area contributed by atoms with Crippen molar-refractivity contribution in [2.45, 2.75) is 26.3 Å². The monoisotopic (exact) mass is 271 g/mol. The second kappa shape index (κ2) is 6.14. The lowest BCUT2D eigenvalue weighted by molar-refractivity contribution is 0.0697. The Morgan fingerprint density at radius 1 is 1.25 bits per heavy atom. The molecule has 0 radical (unpaired) electrons. The summed E-state index contributed by atoms with van der Waals surface area (Å²) in [6, 6.07) is 9.64. The lowest BCUT2D eigenvalue weighted by Gasteiger charge is -2.09. The molecule has 5 nitrogen and oxygen atoms in total. The average Bonchev–Trinajstić information content (AvgIpc) is 2.45. The minimum atomic E-state index is -1.02. The van der Waals surface area contributed by atoms with Gasteiger partial charge in [0.05, 0.1) is 6.20 Å². The number of hydrogen-bond acceptors (Lipinski definition) is 4. The molecule has 0 aliphatic rings. The zero-order valence-corrected chi connectivity index (χ0v) is 11.5. The van der Waals surface area contributed by atoms with E-state index in [4.69, 9.17) is 5.11 Å². The second-order valence-electron chi connectivity index (χ2n) is 4.85. The molecule has 0 bridgehead atoms. The minimum Gasteiger partial charge on any atom is -0.478 e. The van der Waals surface area contributed by atoms with E-state index in [1.165, 1.54) is 17.8 Å². The Morgan fingerprint density at radius 2 is 1.95 bits per heavy atom. The maximum Gasteiger partial charge on any atom is 0.339 e. The SMILES string of the molecule is CC(C)c1ccc(CNc2nnccc2C(=O)O)cc1. The Hall–Kier alpha value is -2.43. The van der Waals surface area contributed by atoms with Crippen LogP contribution in [0.2, 0.25) is 0 Å². The van der Waals surface area contributed by atoms with Crippen molar-refractivity contribution in [1.82, 2.24) is 10.2 Å². The van der Waals surface area contributed by atoms with Crippen LogP contribution in [-0.2, 0) is 6.54 Å². The third-order valence-corrected chi connectivity index (χ3v) is 3.06. The number of aromatic nitrogens is 2. The van der Waals surface area contributed by atoms with Crippen LogP contribution in [0.3, 0.4) is 0 Å². The number of benzene rings is 1. The molecule has 0 saturated heterocycles. The number of nitrogens with one attached hydrogen (secondary N) is 1. The van der Waals surface area contributed by atoms with E-state index in [-0.39, 0.29) is 11.4 Å². The fourth-order valence-corrected chi connectivity index (χ4v) is 1.84. The van der Waals surface area contributed by atoms with Gasteiger partial charge in [-0.2, -0.15) is 5.10 Å². The molecule has 0 saturated carbocycles. The molecule has 1 aromatic heterocycles. The molecule has 2 N–H and O–H groups in total. The first-order chi connectivity index (χ1) is 9.58. The molecule has 0 atom stereocenters. The average molecular weight is 271 g/mol. The highest BCUT2D eigenvalue weighted by Crippen LogP contribution is 2.16. The van der Waals surface area contributed by atoms with Gasteiger partial charge in [0, 0.05) is 6.54 Å². The van der Waals surface area contributed by atoms with Crippen molar-refractivity contribution in [3.8, 4) is 0 Å². The molecule has 2 aromatic rings. The molecule has 104 valence electrons. The zero-order valence-electron chi connectivity index (χ0n) is 11.5. The van der Waals surface area contributed by atoms with E-state index >= 15 is 0 Å². The van der Waals surface area contributed by atoms with Gasteiger partial charge in [0.2, 0.25) is 0 Å². The molecule has 0 spiro atoms. The fourth-order valence-electron chi connectivity index (χ4n) is 1.84. The van der Waals surface area contributed by atoms with Crippen LogP contribution in [0.1, 0.15) is 41.3 Å². The van der Waals surface area contributed by atoms with Crippen molar-refractivity contribution in [3.63, 3.8) is 0 Å². The predicted molar refractivity (Wildman–Crippen MR) is 76.8 cm³/mol. The van der Waals surface area contributed by atoms with Crippen molar-refractivity contribution < 1.29 is 9.90 Å². The summed E-state index contributed by atoms with van der Waals surface area (Å²) in [6.45, 7) is 4.80. The van der Waals surface area contributed by atoms with Gasteiger partial charge < -0.3 is 10.4 Å². The van der Waals surface area contributed by atoms with E-state index < -0.39 is 5.97 Å². The van der Waals surface area contributed by atoms with Gasteiger partial charge in [-0.1, -0.05) is 38.1 Å². The molecule has 0 unspecified atom stereocenters. The van der Waals surface area contributed by atoms with Gasteiger partial charge in [-0.05, 0) is 23.1 Å². The summed E-state index contributed by atoms with van der Waals surface area (Å²) in [5.41, 5.74) is 2.47. The highest BCUT2D eigenvalue weighted by molar-refractivity contribution is 5.92. The van der Waals surface area contributed by atoms with Crippen molar-refractivity contribution >= 4 is 11.8 Å². The number of carboxylic acid groups (broad SMARTS) is 1. The standard InChI is InChI=1S/C15H17N3O2/c1-10(2)12-5-3-11(4-6-12)9-16-14-13(15(19)20)7-8-17-18-14/h3-8,10H,9H2,1-2H3,(H,16,18)(H,19,20). The topological polar surface area (TPSA) is 75.1 Å². The first kappa shape index (κ1) is 14.0. The first-order valence-corrected chi connectivity index (χ1v) is 6.45. The Labute approximate surface area is 117 Å². The lowest BCUT2D eigenvalue weighted by atomic mass is 10.0. The number of hydrogen-bond donors (Lipinski definition) is 2. The zero-order chi connectivity index (χ0) is 14.5. The number of aromatic carboxylic acids is 1. The van der Waals surface area contributed by atoms with E-state index in [2.05, 4.69) is 41.5 Å². The summed E-state index contributed by atoms with van der Waals surface area (Å²) >= 11 is 0. The van der Waals surface area contributed by atoms with Gasteiger partial charge in [0.15, 0.2) is 5.82 Å². The maximum atomic E-state index is 11.0. The molecule has 1 aromatic carbocycles. The van der Waals surface area contributed by atoms with Crippen LogP contribution in [0.5, 0.6) is 0 Å². The van der Waals surface area contributed by atoms with Gasteiger partial charge in [-0.15, -0.1) is 5.10 Å². The van der Waals surface area contributed by atoms with Crippen LogP contribution in [0.25, 0.3) is 0 Å². The van der Waals surface area contributed by atoms with Crippen molar-refractivity contribution in [2.75, 3.05) is 5.32 Å². The summed E-state index contributed by atoms with van der Waals surface area (Å²) in [7, 11) is 0. The van der Waals surface area contributed by atoms with Crippen LogP contribution >= 0.6 is 0 Å². The third-order valence-electron chi connectivity index (χ3n) is 3.06. The molecule has 5 heteroatoms. The van der Waals surface area contributed by atoms with Gasteiger partial charge in [-0.25, -0.2) is 4.79 Å². The van der Waals surface area contributed by atoms with E-state index in [1.807, 2.05) is 12.1 Å². The fraction of sp³-hybridized carbons (Fsp3) is 0.267. The smallest absolute Gasteiger partial charge is 0.339 e. The number of anilines is 1. The van der Waals surface area contributed by atoms with Crippen molar-refractivity contribution in [3.05, 3.63) is 53.2 Å². The molecular formula is C15H17N3O2. The van der Waals surface area contributed by atoms with E-state index in [1.54, 1.807) is 0 Å². The number of nitrogens with zero attached hydrogens (tertiary/aromatic N) is 2. The Morgan fingerprint density at radius 3 is 2.55 bits per heavy atom. The Balaban J connectivity index is 2.07. The predicted octanol–water partition coefficient (Wildman–Crippen LogP) is 2.91. The second-order valence-corrected chi connectivity index (χ2v) is 4.85. The van der Waals surface area contributed by atoms with E-state index in [0.29, 0.717) is 12.5 Å². The highest BCUT2D eigenvalue weighted by Gasteiger charge is 2.10. The molecule has 20 heavy (non-hydrogen) atoms. The maximum absolute atomic E-state index is 11.0. The number of carbonyl (C=O) groups is 1. The van der Waals surface area contributed by atoms with E-state index in [0.717, 1.165) is 5.56 Å². The van der Waals surface area contributed by atoms with Gasteiger partial charge >= 0.3 is 5.97 Å². The summed E-state index contributed by atoms with van der Waals surface area (Å²) in [5.74, 6) is -0.235. The van der Waals surface area contributed by atoms with Crippen LogP contribution < -0.4 is 5.32 Å². The summed E-state index contributed by atoms with van der Waals surface area (Å²) in [6.07, 6.45) is 1.37. The van der Waals surface area contributed by atoms with E-state index in [9.17, 15) is 4.79 Å². The molecule has 0 fully saturated rings. The minimum absolute atomic E-state index is 0.124. The molecule has 0 amide bonds. The summed E-state index contributed by atoms with van der Waals surface area (Å²) in [5, 5.41) is 19.6. The summed E-state index contributed by atoms with van der Waals surface area (Å²) < 4.78 is 0. The number of carboxylic acids is 1. The van der Waals surface area contributed by atoms with Gasteiger partial charge in [0.25, 0.3) is 0 Å². The molecule has 0 aliphatic heterocycles. The summed E-state index contributed by atoms with van der Waals surface area (Å²) in [4.78, 5) is 11.0. The largest absolute Gasteiger partial charge is 0.478 e. The van der Waals surface area contributed by atoms with Crippen LogP contribution in [-0.4, -0.2) is 21.3 Å². The highest BCUT2D eigenvalue weighted by atomic mass is 16.4. The normalized spacial score (nSPS) is 10.6. The molecular weight excluding hydrogens is 254 g/mol. The first-order valence-electron chi connectivity index (χ1n) is 6.45.